The van der Waals surface area contributed by atoms with E-state index in [9.17, 15) is 4.79 Å². The van der Waals surface area contributed by atoms with E-state index >= 15 is 0 Å². The minimum atomic E-state index is 0.0748. The average Bonchev–Trinajstić information content (AvgIpc) is 2.86. The van der Waals surface area contributed by atoms with Crippen molar-refractivity contribution in [1.82, 2.24) is 9.78 Å². The number of Topliss-reactive ketones (excluding diaryl/α,β-unsaturated/α-hetero) is 1. The second-order valence-corrected chi connectivity index (χ2v) is 5.45. The fourth-order valence-electron chi connectivity index (χ4n) is 2.54. The Morgan fingerprint density at radius 2 is 1.59 bits per heavy atom. The standard InChI is InChI=1S/C19H18N2O/c1-14-12-15(2)21(20-14)13-19(22)18-10-8-17(9-11-18)16-6-4-3-5-7-16/h3-12H,13H2,1-2H3. The first-order valence-corrected chi connectivity index (χ1v) is 7.33. The summed E-state index contributed by atoms with van der Waals surface area (Å²) in [5, 5.41) is 4.34. The summed E-state index contributed by atoms with van der Waals surface area (Å²) < 4.78 is 1.75. The minimum Gasteiger partial charge on any atom is -0.292 e. The van der Waals surface area contributed by atoms with Crippen LogP contribution in [0.4, 0.5) is 0 Å². The Balaban J connectivity index is 1.78. The number of rotatable bonds is 4. The van der Waals surface area contributed by atoms with E-state index in [1.807, 2.05) is 62.4 Å². The number of carbonyl (C=O) groups excluding carboxylic acids is 1. The Labute approximate surface area is 130 Å². The molecule has 3 aromatic rings. The molecule has 0 bridgehead atoms. The molecule has 0 aliphatic rings. The summed E-state index contributed by atoms with van der Waals surface area (Å²) in [6, 6.07) is 19.9. The second kappa shape index (κ2) is 5.98. The van der Waals surface area contributed by atoms with Crippen molar-refractivity contribution in [3.63, 3.8) is 0 Å². The molecule has 110 valence electrons. The first-order chi connectivity index (χ1) is 10.6. The second-order valence-electron chi connectivity index (χ2n) is 5.45. The number of aromatic nitrogens is 2. The van der Waals surface area contributed by atoms with E-state index < -0.39 is 0 Å². The maximum absolute atomic E-state index is 12.4. The molecule has 22 heavy (non-hydrogen) atoms. The Morgan fingerprint density at radius 1 is 0.955 bits per heavy atom. The zero-order valence-corrected chi connectivity index (χ0v) is 12.8. The van der Waals surface area contributed by atoms with E-state index in [0.717, 1.165) is 22.5 Å². The fraction of sp³-hybridized carbons (Fsp3) is 0.158. The topological polar surface area (TPSA) is 34.9 Å². The van der Waals surface area contributed by atoms with Gasteiger partial charge in [-0.1, -0.05) is 54.6 Å². The van der Waals surface area contributed by atoms with E-state index in [1.165, 1.54) is 0 Å². The predicted octanol–water partition coefficient (Wildman–Crippen LogP) is 4.05. The van der Waals surface area contributed by atoms with Gasteiger partial charge in [0.05, 0.1) is 5.69 Å². The van der Waals surface area contributed by atoms with Gasteiger partial charge in [-0.25, -0.2) is 0 Å². The van der Waals surface area contributed by atoms with Gasteiger partial charge in [-0.3, -0.25) is 9.48 Å². The van der Waals surface area contributed by atoms with Crippen LogP contribution in [0.5, 0.6) is 0 Å². The van der Waals surface area contributed by atoms with Gasteiger partial charge in [-0.15, -0.1) is 0 Å². The summed E-state index contributed by atoms with van der Waals surface area (Å²) in [6.45, 7) is 4.18. The highest BCUT2D eigenvalue weighted by Crippen LogP contribution is 2.19. The van der Waals surface area contributed by atoms with Crippen molar-refractivity contribution in [2.24, 2.45) is 0 Å². The molecule has 0 aliphatic carbocycles. The van der Waals surface area contributed by atoms with Gasteiger partial charge in [0.15, 0.2) is 5.78 Å². The van der Waals surface area contributed by atoms with Crippen LogP contribution in [0, 0.1) is 13.8 Å². The molecule has 0 radical (unpaired) electrons. The quantitative estimate of drug-likeness (QED) is 0.679. The molecule has 0 aliphatic heterocycles. The number of hydrogen-bond donors (Lipinski definition) is 0. The Hall–Kier alpha value is -2.68. The first-order valence-electron chi connectivity index (χ1n) is 7.33. The smallest absolute Gasteiger partial charge is 0.184 e. The summed E-state index contributed by atoms with van der Waals surface area (Å²) >= 11 is 0. The van der Waals surface area contributed by atoms with Crippen LogP contribution >= 0.6 is 0 Å². The number of ketones is 1. The molecular weight excluding hydrogens is 272 g/mol. The molecule has 0 atom stereocenters. The summed E-state index contributed by atoms with van der Waals surface area (Å²) in [7, 11) is 0. The zero-order chi connectivity index (χ0) is 15.5. The molecule has 0 saturated heterocycles. The van der Waals surface area contributed by atoms with Crippen molar-refractivity contribution in [1.29, 1.82) is 0 Å². The lowest BCUT2D eigenvalue weighted by Gasteiger charge is -2.06. The summed E-state index contributed by atoms with van der Waals surface area (Å²) in [5.74, 6) is 0.0748. The highest BCUT2D eigenvalue weighted by atomic mass is 16.1. The highest BCUT2D eigenvalue weighted by molar-refractivity contribution is 5.96. The number of benzene rings is 2. The molecular formula is C19H18N2O. The van der Waals surface area contributed by atoms with E-state index in [-0.39, 0.29) is 12.3 Å². The van der Waals surface area contributed by atoms with Crippen LogP contribution in [0.3, 0.4) is 0 Å². The molecule has 3 heteroatoms. The Kier molecular flexibility index (Phi) is 3.88. The molecule has 2 aromatic carbocycles. The van der Waals surface area contributed by atoms with Crippen LogP contribution < -0.4 is 0 Å². The number of nitrogens with zero attached hydrogens (tertiary/aromatic N) is 2. The minimum absolute atomic E-state index is 0.0748. The molecule has 1 heterocycles. The fourth-order valence-corrected chi connectivity index (χ4v) is 2.54. The molecule has 1 aromatic heterocycles. The third-order valence-corrected chi connectivity index (χ3v) is 3.71. The van der Waals surface area contributed by atoms with Crippen LogP contribution in [-0.2, 0) is 6.54 Å². The first kappa shape index (κ1) is 14.3. The van der Waals surface area contributed by atoms with Crippen LogP contribution in [0.25, 0.3) is 11.1 Å². The number of hydrogen-bond acceptors (Lipinski definition) is 2. The van der Waals surface area contributed by atoms with Crippen molar-refractivity contribution >= 4 is 5.78 Å². The lowest BCUT2D eigenvalue weighted by atomic mass is 10.0. The van der Waals surface area contributed by atoms with Crippen molar-refractivity contribution in [2.45, 2.75) is 20.4 Å². The zero-order valence-electron chi connectivity index (χ0n) is 12.8. The number of carbonyl (C=O) groups is 1. The largest absolute Gasteiger partial charge is 0.292 e. The monoisotopic (exact) mass is 290 g/mol. The van der Waals surface area contributed by atoms with Gasteiger partial charge in [0.2, 0.25) is 0 Å². The SMILES string of the molecule is Cc1cc(C)n(CC(=O)c2ccc(-c3ccccc3)cc2)n1. The van der Waals surface area contributed by atoms with Gasteiger partial charge in [0.25, 0.3) is 0 Å². The molecule has 3 nitrogen and oxygen atoms in total. The van der Waals surface area contributed by atoms with Gasteiger partial charge < -0.3 is 0 Å². The van der Waals surface area contributed by atoms with E-state index in [4.69, 9.17) is 0 Å². The molecule has 0 spiro atoms. The lowest BCUT2D eigenvalue weighted by molar-refractivity contribution is 0.0967. The van der Waals surface area contributed by atoms with Crippen molar-refractivity contribution < 1.29 is 4.79 Å². The summed E-state index contributed by atoms with van der Waals surface area (Å²) in [5.41, 5.74) is 4.92. The van der Waals surface area contributed by atoms with Crippen LogP contribution in [-0.4, -0.2) is 15.6 Å². The summed E-state index contributed by atoms with van der Waals surface area (Å²) in [4.78, 5) is 12.4. The van der Waals surface area contributed by atoms with Gasteiger partial charge in [0.1, 0.15) is 6.54 Å². The molecule has 3 rings (SSSR count). The Morgan fingerprint density at radius 3 is 2.18 bits per heavy atom. The van der Waals surface area contributed by atoms with Crippen molar-refractivity contribution in [3.05, 3.63) is 77.6 Å². The molecule has 0 N–H and O–H groups in total. The Bertz CT molecular complexity index is 786. The van der Waals surface area contributed by atoms with Crippen LogP contribution in [0.2, 0.25) is 0 Å². The molecule has 0 amide bonds. The third kappa shape index (κ3) is 2.98. The molecule has 0 unspecified atom stereocenters. The normalized spacial score (nSPS) is 10.6. The van der Waals surface area contributed by atoms with Crippen LogP contribution in [0.15, 0.2) is 60.7 Å². The lowest BCUT2D eigenvalue weighted by Crippen LogP contribution is -2.13. The maximum atomic E-state index is 12.4. The van der Waals surface area contributed by atoms with E-state index in [1.54, 1.807) is 4.68 Å². The van der Waals surface area contributed by atoms with Gasteiger partial charge in [0, 0.05) is 11.3 Å². The summed E-state index contributed by atoms with van der Waals surface area (Å²) in [6.07, 6.45) is 0. The third-order valence-electron chi connectivity index (χ3n) is 3.71. The van der Waals surface area contributed by atoms with E-state index in [0.29, 0.717) is 5.56 Å². The highest BCUT2D eigenvalue weighted by Gasteiger charge is 2.10. The number of aryl methyl sites for hydroxylation is 2. The maximum Gasteiger partial charge on any atom is 0.184 e. The van der Waals surface area contributed by atoms with Crippen LogP contribution in [0.1, 0.15) is 21.7 Å². The van der Waals surface area contributed by atoms with E-state index in [2.05, 4.69) is 17.2 Å². The average molecular weight is 290 g/mol. The van der Waals surface area contributed by atoms with Gasteiger partial charge in [-0.2, -0.15) is 5.10 Å². The molecule has 0 fully saturated rings. The van der Waals surface area contributed by atoms with Crippen molar-refractivity contribution in [3.8, 4) is 11.1 Å². The van der Waals surface area contributed by atoms with Gasteiger partial charge in [-0.05, 0) is 31.0 Å². The predicted molar refractivity (Wildman–Crippen MR) is 87.9 cm³/mol. The molecule has 0 saturated carbocycles. The van der Waals surface area contributed by atoms with Crippen molar-refractivity contribution in [2.75, 3.05) is 0 Å². The van der Waals surface area contributed by atoms with Gasteiger partial charge >= 0.3 is 0 Å².